The normalized spacial score (nSPS) is 10.5. The lowest BCUT2D eigenvalue weighted by molar-refractivity contribution is -0.117. The van der Waals surface area contributed by atoms with Gasteiger partial charge < -0.3 is 15.5 Å². The number of nitrogens with two attached hydrogens (primary N) is 1. The zero-order chi connectivity index (χ0) is 13.0. The predicted octanol–water partition coefficient (Wildman–Crippen LogP) is 2.17. The summed E-state index contributed by atoms with van der Waals surface area (Å²) in [6.07, 6.45) is 0. The number of halogens is 1. The number of carbonyl (C=O) groups excluding carboxylic acids is 1. The molecule has 0 fully saturated rings. The molecule has 4 nitrogen and oxygen atoms in total. The summed E-state index contributed by atoms with van der Waals surface area (Å²) in [5.74, 6) is 1.13. The maximum atomic E-state index is 10.6. The zero-order valence-corrected chi connectivity index (χ0v) is 10.4. The van der Waals surface area contributed by atoms with Gasteiger partial charge in [0.1, 0.15) is 11.5 Å². The molecule has 1 heterocycles. The van der Waals surface area contributed by atoms with E-state index in [1.165, 1.54) is 0 Å². The second kappa shape index (κ2) is 5.71. The summed E-state index contributed by atoms with van der Waals surface area (Å²) in [4.78, 5) is 10.6. The van der Waals surface area contributed by atoms with Crippen LogP contribution in [-0.4, -0.2) is 12.5 Å². The van der Waals surface area contributed by atoms with Crippen LogP contribution in [0.3, 0.4) is 0 Å². The number of nitrogens with one attached hydrogen (secondary N) is 1. The Kier molecular flexibility index (Phi) is 4.02. The van der Waals surface area contributed by atoms with E-state index in [9.17, 15) is 4.79 Å². The van der Waals surface area contributed by atoms with Gasteiger partial charge in [0.05, 0.1) is 13.1 Å². The number of rotatable bonds is 5. The maximum Gasteiger partial charge on any atom is 0.231 e. The molecule has 0 radical (unpaired) electrons. The molecule has 0 saturated heterocycles. The SMILES string of the molecule is NC(=O)CNCc1ccc(-c2ccc(Cl)cc2)o1. The molecular formula is C13H13ClN2O2. The molecule has 1 aromatic heterocycles. The van der Waals surface area contributed by atoms with Crippen molar-refractivity contribution in [2.75, 3.05) is 6.54 Å². The van der Waals surface area contributed by atoms with Crippen molar-refractivity contribution >= 4 is 17.5 Å². The lowest BCUT2D eigenvalue weighted by atomic mass is 10.2. The van der Waals surface area contributed by atoms with Crippen LogP contribution in [0.25, 0.3) is 11.3 Å². The summed E-state index contributed by atoms with van der Waals surface area (Å²) in [6, 6.07) is 11.1. The summed E-state index contributed by atoms with van der Waals surface area (Å²) in [7, 11) is 0. The number of amides is 1. The molecule has 94 valence electrons. The summed E-state index contributed by atoms with van der Waals surface area (Å²) >= 11 is 5.82. The highest BCUT2D eigenvalue weighted by molar-refractivity contribution is 6.30. The molecular weight excluding hydrogens is 252 g/mol. The molecule has 3 N–H and O–H groups in total. The molecule has 1 amide bonds. The van der Waals surface area contributed by atoms with E-state index in [-0.39, 0.29) is 12.5 Å². The van der Waals surface area contributed by atoms with Gasteiger partial charge in [-0.15, -0.1) is 0 Å². The summed E-state index contributed by atoms with van der Waals surface area (Å²) in [5, 5.41) is 3.57. The molecule has 5 heteroatoms. The first-order chi connectivity index (χ1) is 8.65. The fourth-order valence-corrected chi connectivity index (χ4v) is 1.68. The highest BCUT2D eigenvalue weighted by atomic mass is 35.5. The summed E-state index contributed by atoms with van der Waals surface area (Å²) < 4.78 is 5.63. The number of primary amides is 1. The number of carbonyl (C=O) groups is 1. The van der Waals surface area contributed by atoms with Gasteiger partial charge in [0.2, 0.25) is 5.91 Å². The van der Waals surface area contributed by atoms with E-state index in [0.717, 1.165) is 17.1 Å². The van der Waals surface area contributed by atoms with Crippen LogP contribution in [0.2, 0.25) is 5.02 Å². The molecule has 0 unspecified atom stereocenters. The minimum atomic E-state index is -0.389. The van der Waals surface area contributed by atoms with Gasteiger partial charge in [-0.2, -0.15) is 0 Å². The van der Waals surface area contributed by atoms with Gasteiger partial charge in [-0.3, -0.25) is 4.79 Å². The maximum absolute atomic E-state index is 10.6. The number of hydrogen-bond donors (Lipinski definition) is 2. The Morgan fingerprint density at radius 3 is 2.61 bits per heavy atom. The van der Waals surface area contributed by atoms with Gasteiger partial charge >= 0.3 is 0 Å². The largest absolute Gasteiger partial charge is 0.460 e. The molecule has 0 spiro atoms. The van der Waals surface area contributed by atoms with E-state index in [2.05, 4.69) is 5.32 Å². The lowest BCUT2D eigenvalue weighted by Gasteiger charge is -1.99. The van der Waals surface area contributed by atoms with Crippen molar-refractivity contribution in [3.8, 4) is 11.3 Å². The third-order valence-corrected chi connectivity index (χ3v) is 2.64. The monoisotopic (exact) mass is 264 g/mol. The van der Waals surface area contributed by atoms with Crippen molar-refractivity contribution in [2.45, 2.75) is 6.54 Å². The van der Waals surface area contributed by atoms with E-state index in [1.807, 2.05) is 36.4 Å². The number of hydrogen-bond acceptors (Lipinski definition) is 3. The molecule has 0 bridgehead atoms. The number of benzene rings is 1. The van der Waals surface area contributed by atoms with Crippen LogP contribution in [0.4, 0.5) is 0 Å². The van der Waals surface area contributed by atoms with Crippen molar-refractivity contribution in [3.05, 3.63) is 47.2 Å². The van der Waals surface area contributed by atoms with Gasteiger partial charge in [-0.25, -0.2) is 0 Å². The van der Waals surface area contributed by atoms with Crippen LogP contribution in [0, 0.1) is 0 Å². The molecule has 2 aromatic rings. The van der Waals surface area contributed by atoms with Crippen LogP contribution >= 0.6 is 11.6 Å². The molecule has 0 aliphatic rings. The van der Waals surface area contributed by atoms with Crippen molar-refractivity contribution in [1.29, 1.82) is 0 Å². The Morgan fingerprint density at radius 1 is 1.22 bits per heavy atom. The van der Waals surface area contributed by atoms with Crippen molar-refractivity contribution in [3.63, 3.8) is 0 Å². The molecule has 0 saturated carbocycles. The van der Waals surface area contributed by atoms with Crippen LogP contribution in [0.15, 0.2) is 40.8 Å². The third-order valence-electron chi connectivity index (χ3n) is 2.39. The highest BCUT2D eigenvalue weighted by Gasteiger charge is 2.04. The minimum absolute atomic E-state index is 0.136. The van der Waals surface area contributed by atoms with Gasteiger partial charge in [-0.05, 0) is 36.4 Å². The topological polar surface area (TPSA) is 68.3 Å². The van der Waals surface area contributed by atoms with Crippen LogP contribution in [0.5, 0.6) is 0 Å². The summed E-state index contributed by atoms with van der Waals surface area (Å²) in [6.45, 7) is 0.605. The highest BCUT2D eigenvalue weighted by Crippen LogP contribution is 2.23. The first kappa shape index (κ1) is 12.7. The standard InChI is InChI=1S/C13H13ClN2O2/c14-10-3-1-9(2-4-10)12-6-5-11(18-12)7-16-8-13(15)17/h1-6,16H,7-8H2,(H2,15,17). The Balaban J connectivity index is 2.01. The smallest absolute Gasteiger partial charge is 0.231 e. The molecule has 18 heavy (non-hydrogen) atoms. The van der Waals surface area contributed by atoms with Crippen molar-refractivity contribution < 1.29 is 9.21 Å². The average Bonchev–Trinajstić information content (AvgIpc) is 2.78. The van der Waals surface area contributed by atoms with Gasteiger partial charge in [0.25, 0.3) is 0 Å². The van der Waals surface area contributed by atoms with E-state index >= 15 is 0 Å². The first-order valence-corrected chi connectivity index (χ1v) is 5.86. The van der Waals surface area contributed by atoms with Gasteiger partial charge in [0.15, 0.2) is 0 Å². The fourth-order valence-electron chi connectivity index (χ4n) is 1.55. The predicted molar refractivity (Wildman–Crippen MR) is 70.1 cm³/mol. The van der Waals surface area contributed by atoms with Crippen molar-refractivity contribution in [2.24, 2.45) is 5.73 Å². The van der Waals surface area contributed by atoms with Crippen LogP contribution in [0.1, 0.15) is 5.76 Å². The zero-order valence-electron chi connectivity index (χ0n) is 9.65. The second-order valence-corrected chi connectivity index (χ2v) is 4.28. The van der Waals surface area contributed by atoms with Gasteiger partial charge in [-0.1, -0.05) is 11.6 Å². The molecule has 0 aliphatic heterocycles. The van der Waals surface area contributed by atoms with E-state index in [0.29, 0.717) is 11.6 Å². The van der Waals surface area contributed by atoms with Gasteiger partial charge in [0, 0.05) is 10.6 Å². The minimum Gasteiger partial charge on any atom is -0.460 e. The summed E-state index contributed by atoms with van der Waals surface area (Å²) in [5.41, 5.74) is 5.98. The quantitative estimate of drug-likeness (QED) is 0.870. The van der Waals surface area contributed by atoms with E-state index in [1.54, 1.807) is 0 Å². The third kappa shape index (κ3) is 3.35. The van der Waals surface area contributed by atoms with E-state index in [4.69, 9.17) is 21.8 Å². The first-order valence-electron chi connectivity index (χ1n) is 5.49. The Hall–Kier alpha value is -1.78. The molecule has 0 atom stereocenters. The fraction of sp³-hybridized carbons (Fsp3) is 0.154. The van der Waals surface area contributed by atoms with Crippen LogP contribution < -0.4 is 11.1 Å². The molecule has 2 rings (SSSR count). The molecule has 0 aliphatic carbocycles. The lowest BCUT2D eigenvalue weighted by Crippen LogP contribution is -2.27. The molecule has 1 aromatic carbocycles. The van der Waals surface area contributed by atoms with Crippen LogP contribution in [-0.2, 0) is 11.3 Å². The Labute approximate surface area is 110 Å². The van der Waals surface area contributed by atoms with E-state index < -0.39 is 0 Å². The number of furan rings is 1. The Morgan fingerprint density at radius 2 is 1.94 bits per heavy atom. The average molecular weight is 265 g/mol. The second-order valence-electron chi connectivity index (χ2n) is 3.84. The Bertz CT molecular complexity index is 534. The van der Waals surface area contributed by atoms with Crippen molar-refractivity contribution in [1.82, 2.24) is 5.32 Å².